The Kier molecular flexibility index (Phi) is 8.47. The summed E-state index contributed by atoms with van der Waals surface area (Å²) in [7, 11) is 3.57. The van der Waals surface area contributed by atoms with Crippen LogP contribution in [-0.4, -0.2) is 27.4 Å². The lowest BCUT2D eigenvalue weighted by atomic mass is 10.1. The Balaban J connectivity index is 1.79. The van der Waals surface area contributed by atoms with Crippen molar-refractivity contribution in [2.45, 2.75) is 17.1 Å². The molecule has 0 fully saturated rings. The summed E-state index contributed by atoms with van der Waals surface area (Å²) in [5.41, 5.74) is 2.05. The number of ether oxygens (including phenoxy) is 2. The van der Waals surface area contributed by atoms with Crippen molar-refractivity contribution in [2.24, 2.45) is 0 Å². The van der Waals surface area contributed by atoms with Gasteiger partial charge in [-0.2, -0.15) is 4.89 Å². The zero-order valence-electron chi connectivity index (χ0n) is 14.7. The molecule has 5 nitrogen and oxygen atoms in total. The van der Waals surface area contributed by atoms with E-state index in [1.165, 1.54) is 0 Å². The fraction of sp³-hybridized carbons (Fsp3) is 0.368. The first-order chi connectivity index (χ1) is 12.2. The molecule has 0 saturated carbocycles. The molecular formula is C19H24INO4. The van der Waals surface area contributed by atoms with Crippen LogP contribution in [0, 0.1) is 0 Å². The van der Waals surface area contributed by atoms with Crippen LogP contribution in [0.2, 0.25) is 0 Å². The van der Waals surface area contributed by atoms with Gasteiger partial charge in [0.25, 0.3) is 0 Å². The van der Waals surface area contributed by atoms with E-state index in [9.17, 15) is 0 Å². The highest BCUT2D eigenvalue weighted by Crippen LogP contribution is 2.32. The third kappa shape index (κ3) is 5.85. The molecular weight excluding hydrogens is 433 g/mol. The molecule has 136 valence electrons. The molecule has 2 atom stereocenters. The maximum Gasteiger partial charge on any atom is 0.170 e. The van der Waals surface area contributed by atoms with Crippen LogP contribution in [0.4, 0.5) is 0 Å². The molecule has 0 heterocycles. The molecule has 1 N–H and O–H groups in total. The number of alkyl halides is 1. The molecule has 2 aromatic carbocycles. The monoisotopic (exact) mass is 457 g/mol. The molecule has 2 aromatic rings. The standard InChI is InChI=1S/C19H24INO4/c1-14(21-2)15-8-4-7-11-18(15)25-24-13-12-23-19(20)16-9-5-6-10-17(16)22-3/h4-11,14,19,21H,12-13H2,1-3H3. The largest absolute Gasteiger partial charge is 0.496 e. The zero-order chi connectivity index (χ0) is 18.1. The minimum Gasteiger partial charge on any atom is -0.496 e. The number of hydrogen-bond acceptors (Lipinski definition) is 5. The fourth-order valence-electron chi connectivity index (χ4n) is 2.30. The van der Waals surface area contributed by atoms with Crippen LogP contribution >= 0.6 is 22.6 Å². The number of rotatable bonds is 10. The summed E-state index contributed by atoms with van der Waals surface area (Å²) in [6.07, 6.45) is 0. The summed E-state index contributed by atoms with van der Waals surface area (Å²) in [5, 5.41) is 3.19. The molecule has 0 aromatic heterocycles. The van der Waals surface area contributed by atoms with Crippen LogP contribution in [0.1, 0.15) is 28.2 Å². The van der Waals surface area contributed by atoms with Crippen LogP contribution in [0.3, 0.4) is 0 Å². The van der Waals surface area contributed by atoms with Gasteiger partial charge in [0.15, 0.2) is 5.75 Å². The van der Waals surface area contributed by atoms with Crippen LogP contribution in [0.15, 0.2) is 48.5 Å². The topological polar surface area (TPSA) is 49.0 Å². The van der Waals surface area contributed by atoms with E-state index in [2.05, 4.69) is 34.8 Å². The normalized spacial score (nSPS) is 13.3. The molecule has 2 unspecified atom stereocenters. The molecule has 0 aliphatic carbocycles. The molecule has 0 radical (unpaired) electrons. The maximum atomic E-state index is 5.80. The average molecular weight is 457 g/mol. The molecule has 0 aliphatic heterocycles. The highest BCUT2D eigenvalue weighted by atomic mass is 127. The number of benzene rings is 2. The van der Waals surface area contributed by atoms with E-state index in [-0.39, 0.29) is 10.2 Å². The van der Waals surface area contributed by atoms with Crippen molar-refractivity contribution >= 4 is 22.6 Å². The second-order valence-corrected chi connectivity index (χ2v) is 6.51. The van der Waals surface area contributed by atoms with Gasteiger partial charge in [-0.3, -0.25) is 0 Å². The smallest absolute Gasteiger partial charge is 0.170 e. The molecule has 6 heteroatoms. The summed E-state index contributed by atoms with van der Waals surface area (Å²) >= 11 is 2.23. The van der Waals surface area contributed by atoms with E-state index >= 15 is 0 Å². The molecule has 25 heavy (non-hydrogen) atoms. The fourth-order valence-corrected chi connectivity index (χ4v) is 3.07. The number of para-hydroxylation sites is 2. The predicted molar refractivity (Wildman–Crippen MR) is 106 cm³/mol. The molecule has 0 amide bonds. The Hall–Kier alpha value is -1.35. The van der Waals surface area contributed by atoms with Crippen molar-refractivity contribution < 1.29 is 19.2 Å². The molecule has 2 rings (SSSR count). The molecule has 0 saturated heterocycles. The Morgan fingerprint density at radius 1 is 0.960 bits per heavy atom. The lowest BCUT2D eigenvalue weighted by molar-refractivity contribution is -0.216. The van der Waals surface area contributed by atoms with Gasteiger partial charge in [0.2, 0.25) is 0 Å². The summed E-state index contributed by atoms with van der Waals surface area (Å²) in [6, 6.07) is 15.8. The summed E-state index contributed by atoms with van der Waals surface area (Å²) in [6.45, 7) is 2.81. The van der Waals surface area contributed by atoms with E-state index in [4.69, 9.17) is 19.2 Å². The number of hydrogen-bond donors (Lipinski definition) is 1. The summed E-state index contributed by atoms with van der Waals surface area (Å²) in [5.74, 6) is 1.52. The van der Waals surface area contributed by atoms with E-state index < -0.39 is 0 Å². The third-order valence-corrected chi connectivity index (χ3v) is 4.81. The lowest BCUT2D eigenvalue weighted by Crippen LogP contribution is -2.14. The van der Waals surface area contributed by atoms with Gasteiger partial charge >= 0.3 is 0 Å². The van der Waals surface area contributed by atoms with Gasteiger partial charge < -0.3 is 19.7 Å². The van der Waals surface area contributed by atoms with Crippen LogP contribution in [0.25, 0.3) is 0 Å². The second-order valence-electron chi connectivity index (χ2n) is 5.38. The van der Waals surface area contributed by atoms with Gasteiger partial charge in [-0.15, -0.1) is 0 Å². The highest BCUT2D eigenvalue weighted by Gasteiger charge is 2.13. The first-order valence-electron chi connectivity index (χ1n) is 8.11. The van der Waals surface area contributed by atoms with E-state index in [0.29, 0.717) is 19.0 Å². The Morgan fingerprint density at radius 3 is 2.28 bits per heavy atom. The third-order valence-electron chi connectivity index (χ3n) is 3.78. The van der Waals surface area contributed by atoms with E-state index in [1.807, 2.05) is 55.6 Å². The average Bonchev–Trinajstić information content (AvgIpc) is 2.67. The van der Waals surface area contributed by atoms with Crippen molar-refractivity contribution in [1.82, 2.24) is 5.32 Å². The van der Waals surface area contributed by atoms with Crippen LogP contribution in [-0.2, 0) is 9.62 Å². The lowest BCUT2D eigenvalue weighted by Gasteiger charge is -2.16. The van der Waals surface area contributed by atoms with E-state index in [0.717, 1.165) is 16.9 Å². The SMILES string of the molecule is CNC(C)c1ccccc1OOCCOC(I)c1ccccc1OC. The van der Waals surface area contributed by atoms with Crippen molar-refractivity contribution in [2.75, 3.05) is 27.4 Å². The Morgan fingerprint density at radius 2 is 1.60 bits per heavy atom. The molecule has 0 bridgehead atoms. The minimum atomic E-state index is -0.117. The first kappa shape index (κ1) is 20.0. The Bertz CT molecular complexity index is 653. The van der Waals surface area contributed by atoms with Crippen molar-refractivity contribution in [3.63, 3.8) is 0 Å². The van der Waals surface area contributed by atoms with Crippen molar-refractivity contribution in [3.05, 3.63) is 59.7 Å². The summed E-state index contributed by atoms with van der Waals surface area (Å²) < 4.78 is 11.0. The molecule has 0 aliphatic rings. The zero-order valence-corrected chi connectivity index (χ0v) is 16.9. The predicted octanol–water partition coefficient (Wildman–Crippen LogP) is 4.44. The second kappa shape index (κ2) is 10.6. The number of methoxy groups -OCH3 is 1. The van der Waals surface area contributed by atoms with Gasteiger partial charge in [0.1, 0.15) is 16.5 Å². The van der Waals surface area contributed by atoms with Gasteiger partial charge in [-0.05, 0) is 48.7 Å². The quantitative estimate of drug-likeness (QED) is 0.188. The Labute approximate surface area is 162 Å². The van der Waals surface area contributed by atoms with Crippen molar-refractivity contribution in [3.8, 4) is 11.5 Å². The summed E-state index contributed by atoms with van der Waals surface area (Å²) in [4.78, 5) is 10.8. The first-order valence-corrected chi connectivity index (χ1v) is 9.36. The molecule has 0 spiro atoms. The van der Waals surface area contributed by atoms with E-state index in [1.54, 1.807) is 7.11 Å². The van der Waals surface area contributed by atoms with Crippen molar-refractivity contribution in [1.29, 1.82) is 0 Å². The maximum absolute atomic E-state index is 5.80. The van der Waals surface area contributed by atoms with Gasteiger partial charge in [-0.25, -0.2) is 0 Å². The van der Waals surface area contributed by atoms with Crippen LogP contribution < -0.4 is 14.9 Å². The van der Waals surface area contributed by atoms with Gasteiger partial charge in [0, 0.05) is 17.2 Å². The number of halogens is 1. The highest BCUT2D eigenvalue weighted by molar-refractivity contribution is 14.1. The number of nitrogens with one attached hydrogen (secondary N) is 1. The van der Waals surface area contributed by atoms with Crippen LogP contribution in [0.5, 0.6) is 11.5 Å². The minimum absolute atomic E-state index is 0.117. The van der Waals surface area contributed by atoms with Gasteiger partial charge in [0.05, 0.1) is 13.7 Å². The van der Waals surface area contributed by atoms with Gasteiger partial charge in [-0.1, -0.05) is 36.4 Å².